The normalized spacial score (nSPS) is 21.0. The molecular weight excluding hydrogens is 200 g/mol. The highest BCUT2D eigenvalue weighted by Crippen LogP contribution is 2.11. The quantitative estimate of drug-likeness (QED) is 0.814. The molecule has 2 heterocycles. The first-order valence-electron chi connectivity index (χ1n) is 4.65. The van der Waals surface area contributed by atoms with E-state index < -0.39 is 0 Å². The zero-order chi connectivity index (χ0) is 9.80. The summed E-state index contributed by atoms with van der Waals surface area (Å²) in [7, 11) is 0. The number of hydrogen-bond donors (Lipinski definition) is 1. The van der Waals surface area contributed by atoms with E-state index in [4.69, 9.17) is 4.74 Å². The van der Waals surface area contributed by atoms with Gasteiger partial charge in [-0.15, -0.1) is 11.3 Å². The lowest BCUT2D eigenvalue weighted by atomic mass is 10.2. The number of nitrogens with one attached hydrogen (secondary N) is 1. The van der Waals surface area contributed by atoms with Gasteiger partial charge in [-0.05, 0) is 12.8 Å². The van der Waals surface area contributed by atoms with Gasteiger partial charge < -0.3 is 10.1 Å². The largest absolute Gasteiger partial charge is 0.376 e. The van der Waals surface area contributed by atoms with E-state index >= 15 is 0 Å². The van der Waals surface area contributed by atoms with Crippen molar-refractivity contribution in [1.29, 1.82) is 0 Å². The number of ether oxygens (including phenoxy) is 1. The van der Waals surface area contributed by atoms with Gasteiger partial charge in [0.15, 0.2) is 5.01 Å². The van der Waals surface area contributed by atoms with E-state index in [1.54, 1.807) is 11.6 Å². The molecule has 1 aliphatic rings. The number of thiazole rings is 1. The van der Waals surface area contributed by atoms with E-state index in [9.17, 15) is 4.79 Å². The van der Waals surface area contributed by atoms with Gasteiger partial charge in [0.05, 0.1) is 6.10 Å². The summed E-state index contributed by atoms with van der Waals surface area (Å²) in [6.45, 7) is 1.41. The number of hydrogen-bond acceptors (Lipinski definition) is 4. The third-order valence-corrected chi connectivity index (χ3v) is 2.91. The van der Waals surface area contributed by atoms with Crippen molar-refractivity contribution in [2.75, 3.05) is 13.2 Å². The Morgan fingerprint density at radius 3 is 3.36 bits per heavy atom. The lowest BCUT2D eigenvalue weighted by Gasteiger charge is -2.09. The van der Waals surface area contributed by atoms with Crippen LogP contribution in [0.4, 0.5) is 0 Å². The van der Waals surface area contributed by atoms with Crippen molar-refractivity contribution in [3.05, 3.63) is 16.6 Å². The van der Waals surface area contributed by atoms with Crippen LogP contribution in [0.1, 0.15) is 22.6 Å². The van der Waals surface area contributed by atoms with E-state index in [0.29, 0.717) is 11.6 Å². The van der Waals surface area contributed by atoms with Gasteiger partial charge in [0.1, 0.15) is 0 Å². The monoisotopic (exact) mass is 212 g/mol. The summed E-state index contributed by atoms with van der Waals surface area (Å²) in [6, 6.07) is 0. The molecule has 0 radical (unpaired) electrons. The Balaban J connectivity index is 1.78. The summed E-state index contributed by atoms with van der Waals surface area (Å²) >= 11 is 1.35. The minimum Gasteiger partial charge on any atom is -0.376 e. The highest BCUT2D eigenvalue weighted by molar-refractivity contribution is 7.11. The number of rotatable bonds is 3. The molecule has 0 spiro atoms. The fourth-order valence-corrected chi connectivity index (χ4v) is 1.97. The van der Waals surface area contributed by atoms with Crippen molar-refractivity contribution >= 4 is 17.2 Å². The molecule has 0 bridgehead atoms. The Morgan fingerprint density at radius 1 is 1.79 bits per heavy atom. The first-order chi connectivity index (χ1) is 6.86. The minimum atomic E-state index is -0.101. The number of carbonyl (C=O) groups is 1. The molecule has 5 heteroatoms. The summed E-state index contributed by atoms with van der Waals surface area (Å²) in [5, 5.41) is 5.12. The maximum atomic E-state index is 11.4. The molecule has 1 amide bonds. The van der Waals surface area contributed by atoms with Gasteiger partial charge in [-0.1, -0.05) is 0 Å². The van der Waals surface area contributed by atoms with Crippen LogP contribution < -0.4 is 5.32 Å². The Kier molecular flexibility index (Phi) is 3.10. The average molecular weight is 212 g/mol. The summed E-state index contributed by atoms with van der Waals surface area (Å²) in [6.07, 6.45) is 3.96. The van der Waals surface area contributed by atoms with Gasteiger partial charge in [-0.3, -0.25) is 4.79 Å². The molecule has 0 aliphatic carbocycles. The molecule has 14 heavy (non-hydrogen) atoms. The molecular formula is C9H12N2O2S. The Labute approximate surface area is 86.3 Å². The summed E-state index contributed by atoms with van der Waals surface area (Å²) in [4.78, 5) is 15.4. The van der Waals surface area contributed by atoms with Crippen molar-refractivity contribution in [3.63, 3.8) is 0 Å². The molecule has 76 valence electrons. The maximum Gasteiger partial charge on any atom is 0.280 e. The van der Waals surface area contributed by atoms with Gasteiger partial charge in [0.25, 0.3) is 5.91 Å². The van der Waals surface area contributed by atoms with Crippen LogP contribution in [-0.4, -0.2) is 30.1 Å². The van der Waals surface area contributed by atoms with E-state index in [2.05, 4.69) is 10.3 Å². The van der Waals surface area contributed by atoms with Crippen LogP contribution in [0.2, 0.25) is 0 Å². The predicted octanol–water partition coefficient (Wildman–Crippen LogP) is 1.05. The second kappa shape index (κ2) is 4.52. The summed E-state index contributed by atoms with van der Waals surface area (Å²) in [5.41, 5.74) is 0. The maximum absolute atomic E-state index is 11.4. The second-order valence-corrected chi connectivity index (χ2v) is 4.08. The molecule has 4 nitrogen and oxygen atoms in total. The molecule has 1 fully saturated rings. The van der Waals surface area contributed by atoms with E-state index in [0.717, 1.165) is 19.4 Å². The van der Waals surface area contributed by atoms with Gasteiger partial charge in [0, 0.05) is 24.7 Å². The molecule has 0 aromatic carbocycles. The summed E-state index contributed by atoms with van der Waals surface area (Å²) in [5.74, 6) is -0.101. The van der Waals surface area contributed by atoms with E-state index in [-0.39, 0.29) is 12.0 Å². The van der Waals surface area contributed by atoms with Crippen molar-refractivity contribution in [3.8, 4) is 0 Å². The van der Waals surface area contributed by atoms with Crippen molar-refractivity contribution in [2.24, 2.45) is 0 Å². The SMILES string of the molecule is O=C(NCC1CCCO1)c1nccs1. The van der Waals surface area contributed by atoms with Crippen LogP contribution in [-0.2, 0) is 4.74 Å². The van der Waals surface area contributed by atoms with Gasteiger partial charge in [-0.2, -0.15) is 0 Å². The smallest absolute Gasteiger partial charge is 0.280 e. The van der Waals surface area contributed by atoms with Crippen LogP contribution in [0.25, 0.3) is 0 Å². The topological polar surface area (TPSA) is 51.2 Å². The first-order valence-corrected chi connectivity index (χ1v) is 5.53. The molecule has 0 saturated carbocycles. The zero-order valence-electron chi connectivity index (χ0n) is 7.73. The molecule has 1 aliphatic heterocycles. The van der Waals surface area contributed by atoms with Crippen LogP contribution in [0.5, 0.6) is 0 Å². The van der Waals surface area contributed by atoms with Crippen LogP contribution in [0, 0.1) is 0 Å². The van der Waals surface area contributed by atoms with Crippen molar-refractivity contribution in [2.45, 2.75) is 18.9 Å². The molecule has 1 aromatic rings. The number of nitrogens with zero attached hydrogens (tertiary/aromatic N) is 1. The van der Waals surface area contributed by atoms with Crippen LogP contribution in [0.3, 0.4) is 0 Å². The fourth-order valence-electron chi connectivity index (χ4n) is 1.42. The summed E-state index contributed by atoms with van der Waals surface area (Å²) < 4.78 is 5.39. The molecule has 1 unspecified atom stereocenters. The van der Waals surface area contributed by atoms with Gasteiger partial charge in [-0.25, -0.2) is 4.98 Å². The Morgan fingerprint density at radius 2 is 2.71 bits per heavy atom. The fraction of sp³-hybridized carbons (Fsp3) is 0.556. The standard InChI is InChI=1S/C9H12N2O2S/c12-8(9-10-3-5-14-9)11-6-7-2-1-4-13-7/h3,5,7H,1-2,4,6H2,(H,11,12). The number of aromatic nitrogens is 1. The van der Waals surface area contributed by atoms with Crippen molar-refractivity contribution < 1.29 is 9.53 Å². The molecule has 1 atom stereocenters. The van der Waals surface area contributed by atoms with E-state index in [1.165, 1.54) is 11.3 Å². The minimum absolute atomic E-state index is 0.101. The third-order valence-electron chi connectivity index (χ3n) is 2.14. The Hall–Kier alpha value is -0.940. The van der Waals surface area contributed by atoms with E-state index in [1.807, 2.05) is 0 Å². The second-order valence-electron chi connectivity index (χ2n) is 3.18. The highest BCUT2D eigenvalue weighted by atomic mass is 32.1. The van der Waals surface area contributed by atoms with Gasteiger partial charge in [0.2, 0.25) is 0 Å². The highest BCUT2D eigenvalue weighted by Gasteiger charge is 2.17. The van der Waals surface area contributed by atoms with Crippen LogP contribution >= 0.6 is 11.3 Å². The van der Waals surface area contributed by atoms with Gasteiger partial charge >= 0.3 is 0 Å². The average Bonchev–Trinajstić information content (AvgIpc) is 2.87. The lowest BCUT2D eigenvalue weighted by molar-refractivity contribution is 0.0857. The number of amides is 1. The molecule has 1 aromatic heterocycles. The lowest BCUT2D eigenvalue weighted by Crippen LogP contribution is -2.31. The first kappa shape index (κ1) is 9.61. The molecule has 1 N–H and O–H groups in total. The molecule has 2 rings (SSSR count). The zero-order valence-corrected chi connectivity index (χ0v) is 8.55. The molecule has 1 saturated heterocycles. The van der Waals surface area contributed by atoms with Crippen LogP contribution in [0.15, 0.2) is 11.6 Å². The Bertz CT molecular complexity index is 294. The third kappa shape index (κ3) is 2.30. The predicted molar refractivity (Wildman–Crippen MR) is 53.4 cm³/mol. The van der Waals surface area contributed by atoms with Crippen molar-refractivity contribution in [1.82, 2.24) is 10.3 Å². The number of carbonyl (C=O) groups excluding carboxylic acids is 1.